The van der Waals surface area contributed by atoms with E-state index in [9.17, 15) is 5.11 Å². The van der Waals surface area contributed by atoms with E-state index in [0.29, 0.717) is 5.56 Å². The quantitative estimate of drug-likeness (QED) is 0.453. The molecule has 0 atom stereocenters. The second kappa shape index (κ2) is 4.39. The third-order valence-corrected chi connectivity index (χ3v) is 1.88. The van der Waals surface area contributed by atoms with Gasteiger partial charge in [0.05, 0.1) is 6.54 Å². The first-order chi connectivity index (χ1) is 6.65. The number of hydrogen-bond acceptors (Lipinski definition) is 3. The van der Waals surface area contributed by atoms with E-state index in [4.69, 9.17) is 5.53 Å². The monoisotopic (exact) mass is 192 g/mol. The number of nitrogens with zero attached hydrogens (tertiary/aromatic N) is 4. The second-order valence-corrected chi connectivity index (χ2v) is 3.10. The molecule has 0 radical (unpaired) electrons. The number of aromatic hydroxyl groups is 1. The zero-order valence-electron chi connectivity index (χ0n) is 8.18. The molecule has 0 fully saturated rings. The van der Waals surface area contributed by atoms with E-state index < -0.39 is 0 Å². The molecule has 5 heteroatoms. The van der Waals surface area contributed by atoms with Crippen molar-refractivity contribution in [3.63, 3.8) is 0 Å². The van der Waals surface area contributed by atoms with Gasteiger partial charge in [0.1, 0.15) is 5.75 Å². The third-order valence-electron chi connectivity index (χ3n) is 1.88. The van der Waals surface area contributed by atoms with Crippen molar-refractivity contribution < 1.29 is 5.11 Å². The minimum absolute atomic E-state index is 0.156. The largest absolute Gasteiger partial charge is 0.508 e. The first kappa shape index (κ1) is 10.2. The molecule has 0 amide bonds. The zero-order valence-corrected chi connectivity index (χ0v) is 8.18. The molecular formula is C9H12N4O. The molecular weight excluding hydrogens is 180 g/mol. The number of azide groups is 1. The van der Waals surface area contributed by atoms with Gasteiger partial charge >= 0.3 is 0 Å². The molecule has 0 saturated carbocycles. The van der Waals surface area contributed by atoms with E-state index in [-0.39, 0.29) is 12.3 Å². The predicted molar refractivity (Wildman–Crippen MR) is 55.3 cm³/mol. The first-order valence-electron chi connectivity index (χ1n) is 4.15. The summed E-state index contributed by atoms with van der Waals surface area (Å²) >= 11 is 0. The van der Waals surface area contributed by atoms with Gasteiger partial charge in [-0.2, -0.15) is 0 Å². The van der Waals surface area contributed by atoms with Crippen LogP contribution in [-0.4, -0.2) is 19.2 Å². The van der Waals surface area contributed by atoms with Crippen molar-refractivity contribution in [3.05, 3.63) is 34.2 Å². The molecule has 0 bridgehead atoms. The van der Waals surface area contributed by atoms with Crippen molar-refractivity contribution in [2.75, 3.05) is 19.0 Å². The summed E-state index contributed by atoms with van der Waals surface area (Å²) in [5, 5.41) is 12.8. The number of anilines is 1. The summed E-state index contributed by atoms with van der Waals surface area (Å²) in [6, 6.07) is 5.19. The standard InChI is InChI=1S/C9H12N4O/c1-13(2)8-3-4-9(14)7(5-8)6-11-12-10/h3-5,14H,6H2,1-2H3. The summed E-state index contributed by atoms with van der Waals surface area (Å²) in [5.41, 5.74) is 9.76. The molecule has 74 valence electrons. The number of phenolic OH excluding ortho intramolecular Hbond substituents is 1. The topological polar surface area (TPSA) is 72.2 Å². The molecule has 0 aromatic heterocycles. The summed E-state index contributed by atoms with van der Waals surface area (Å²) in [4.78, 5) is 4.56. The van der Waals surface area contributed by atoms with Gasteiger partial charge in [0.2, 0.25) is 0 Å². The van der Waals surface area contributed by atoms with Crippen LogP contribution in [0.2, 0.25) is 0 Å². The number of rotatable bonds is 3. The van der Waals surface area contributed by atoms with Gasteiger partial charge in [-0.05, 0) is 23.7 Å². The molecule has 14 heavy (non-hydrogen) atoms. The highest BCUT2D eigenvalue weighted by Crippen LogP contribution is 2.23. The molecule has 0 saturated heterocycles. The van der Waals surface area contributed by atoms with Gasteiger partial charge in [-0.3, -0.25) is 0 Å². The van der Waals surface area contributed by atoms with Crippen LogP contribution in [0.1, 0.15) is 5.56 Å². The average molecular weight is 192 g/mol. The van der Waals surface area contributed by atoms with Gasteiger partial charge in [0, 0.05) is 30.3 Å². The van der Waals surface area contributed by atoms with Crippen LogP contribution in [0, 0.1) is 0 Å². The predicted octanol–water partition coefficient (Wildman–Crippen LogP) is 2.27. The van der Waals surface area contributed by atoms with Crippen molar-refractivity contribution in [2.45, 2.75) is 6.54 Å². The molecule has 0 aliphatic rings. The minimum atomic E-state index is 0.156. The maximum atomic E-state index is 9.44. The summed E-state index contributed by atoms with van der Waals surface area (Å²) in [6.07, 6.45) is 0. The molecule has 0 spiro atoms. The Bertz CT molecular complexity index is 369. The van der Waals surface area contributed by atoms with Crippen LogP contribution in [0.25, 0.3) is 10.4 Å². The Morgan fingerprint density at radius 3 is 2.79 bits per heavy atom. The number of phenols is 1. The highest BCUT2D eigenvalue weighted by atomic mass is 16.3. The lowest BCUT2D eigenvalue weighted by atomic mass is 10.1. The van der Waals surface area contributed by atoms with Gasteiger partial charge in [0.25, 0.3) is 0 Å². The summed E-state index contributed by atoms with van der Waals surface area (Å²) < 4.78 is 0. The molecule has 1 aromatic carbocycles. The smallest absolute Gasteiger partial charge is 0.119 e. The Labute approximate surface area is 82.2 Å². The van der Waals surface area contributed by atoms with Crippen molar-refractivity contribution in [3.8, 4) is 5.75 Å². The highest BCUT2D eigenvalue weighted by Gasteiger charge is 2.02. The summed E-state index contributed by atoms with van der Waals surface area (Å²) in [6.45, 7) is 0.171. The lowest BCUT2D eigenvalue weighted by Crippen LogP contribution is -2.08. The summed E-state index contributed by atoms with van der Waals surface area (Å²) in [5.74, 6) is 0.156. The van der Waals surface area contributed by atoms with Gasteiger partial charge in [-0.1, -0.05) is 5.11 Å². The van der Waals surface area contributed by atoms with Crippen molar-refractivity contribution in [2.24, 2.45) is 5.11 Å². The van der Waals surface area contributed by atoms with E-state index in [1.165, 1.54) is 0 Å². The van der Waals surface area contributed by atoms with Crippen LogP contribution < -0.4 is 4.90 Å². The number of benzene rings is 1. The van der Waals surface area contributed by atoms with Gasteiger partial charge < -0.3 is 10.0 Å². The van der Waals surface area contributed by atoms with Crippen molar-refractivity contribution in [1.29, 1.82) is 0 Å². The van der Waals surface area contributed by atoms with Crippen LogP contribution in [0.5, 0.6) is 5.75 Å². The minimum Gasteiger partial charge on any atom is -0.508 e. The van der Waals surface area contributed by atoms with Crippen LogP contribution in [-0.2, 0) is 6.54 Å². The summed E-state index contributed by atoms with van der Waals surface area (Å²) in [7, 11) is 3.81. The molecule has 0 heterocycles. The van der Waals surface area contributed by atoms with Crippen molar-refractivity contribution >= 4 is 5.69 Å². The normalized spacial score (nSPS) is 9.29. The van der Waals surface area contributed by atoms with Crippen molar-refractivity contribution in [1.82, 2.24) is 0 Å². The Kier molecular flexibility index (Phi) is 3.20. The maximum Gasteiger partial charge on any atom is 0.119 e. The Morgan fingerprint density at radius 2 is 2.21 bits per heavy atom. The molecule has 5 nitrogen and oxygen atoms in total. The molecule has 1 rings (SSSR count). The molecule has 1 aromatic rings. The van der Waals surface area contributed by atoms with Crippen LogP contribution in [0.15, 0.2) is 23.3 Å². The van der Waals surface area contributed by atoms with Crippen LogP contribution in [0.3, 0.4) is 0 Å². The Morgan fingerprint density at radius 1 is 1.50 bits per heavy atom. The SMILES string of the molecule is CN(C)c1ccc(O)c(CN=[N+]=[N-])c1. The molecule has 1 N–H and O–H groups in total. The zero-order chi connectivity index (χ0) is 10.6. The van der Waals surface area contributed by atoms with Crippen LogP contribution in [0.4, 0.5) is 5.69 Å². The molecule has 0 aliphatic heterocycles. The lowest BCUT2D eigenvalue weighted by Gasteiger charge is -2.13. The second-order valence-electron chi connectivity index (χ2n) is 3.10. The fourth-order valence-corrected chi connectivity index (χ4v) is 1.08. The average Bonchev–Trinajstić information content (AvgIpc) is 2.16. The molecule has 0 unspecified atom stereocenters. The fraction of sp³-hybridized carbons (Fsp3) is 0.333. The fourth-order valence-electron chi connectivity index (χ4n) is 1.08. The van der Waals surface area contributed by atoms with Gasteiger partial charge in [0.15, 0.2) is 0 Å². The van der Waals surface area contributed by atoms with E-state index in [1.54, 1.807) is 18.2 Å². The van der Waals surface area contributed by atoms with E-state index in [0.717, 1.165) is 5.69 Å². The van der Waals surface area contributed by atoms with E-state index in [1.807, 2.05) is 19.0 Å². The third kappa shape index (κ3) is 2.31. The maximum absolute atomic E-state index is 9.44. The van der Waals surface area contributed by atoms with Gasteiger partial charge in [-0.15, -0.1) is 0 Å². The molecule has 0 aliphatic carbocycles. The van der Waals surface area contributed by atoms with Crippen LogP contribution >= 0.6 is 0 Å². The highest BCUT2D eigenvalue weighted by molar-refractivity contribution is 5.51. The Hall–Kier alpha value is -1.87. The van der Waals surface area contributed by atoms with E-state index in [2.05, 4.69) is 10.0 Å². The lowest BCUT2D eigenvalue weighted by molar-refractivity contribution is 0.468. The van der Waals surface area contributed by atoms with E-state index >= 15 is 0 Å². The first-order valence-corrected chi connectivity index (χ1v) is 4.15. The number of hydrogen-bond donors (Lipinski definition) is 1. The van der Waals surface area contributed by atoms with Gasteiger partial charge in [-0.25, -0.2) is 0 Å². The Balaban J connectivity index is 3.01.